The molecule has 0 unspecified atom stereocenters. The van der Waals surface area contributed by atoms with E-state index in [1.54, 1.807) is 7.11 Å². The standard InChI is InChI=1S/C20H19ClN2O2/c1-24-19-8-3-2-7-18(19)23-11-12-25-20(23)15-9-10-22(14-15)17-6-4-5-16(21)13-17/h2-10,13-14,20H,11-12H2,1H3/t20-/m1/s1. The monoisotopic (exact) mass is 354 g/mol. The number of aromatic nitrogens is 1. The first-order valence-electron chi connectivity index (χ1n) is 8.21. The lowest BCUT2D eigenvalue weighted by Gasteiger charge is -2.26. The van der Waals surface area contributed by atoms with E-state index in [1.165, 1.54) is 0 Å². The molecule has 0 saturated carbocycles. The highest BCUT2D eigenvalue weighted by Gasteiger charge is 2.29. The van der Waals surface area contributed by atoms with Gasteiger partial charge in [-0.3, -0.25) is 0 Å². The molecule has 0 bridgehead atoms. The van der Waals surface area contributed by atoms with Gasteiger partial charge in [-0.1, -0.05) is 29.8 Å². The highest BCUT2D eigenvalue weighted by molar-refractivity contribution is 6.30. The van der Waals surface area contributed by atoms with Gasteiger partial charge in [-0.25, -0.2) is 0 Å². The lowest BCUT2D eigenvalue weighted by Crippen LogP contribution is -2.23. The predicted molar refractivity (Wildman–Crippen MR) is 99.8 cm³/mol. The summed E-state index contributed by atoms with van der Waals surface area (Å²) in [5.41, 5.74) is 3.17. The van der Waals surface area contributed by atoms with Crippen LogP contribution in [-0.4, -0.2) is 24.8 Å². The number of halogens is 1. The van der Waals surface area contributed by atoms with Crippen LogP contribution in [0.3, 0.4) is 0 Å². The van der Waals surface area contributed by atoms with E-state index < -0.39 is 0 Å². The quantitative estimate of drug-likeness (QED) is 0.681. The molecule has 4 rings (SSSR count). The topological polar surface area (TPSA) is 26.6 Å². The second-order valence-corrected chi connectivity index (χ2v) is 6.36. The molecule has 128 valence electrons. The highest BCUT2D eigenvalue weighted by Crippen LogP contribution is 2.37. The summed E-state index contributed by atoms with van der Waals surface area (Å²) in [5.74, 6) is 0.854. The van der Waals surface area contributed by atoms with E-state index in [-0.39, 0.29) is 6.23 Å². The molecule has 1 aromatic heterocycles. The molecule has 0 N–H and O–H groups in total. The van der Waals surface area contributed by atoms with Crippen LogP contribution in [-0.2, 0) is 4.74 Å². The molecule has 25 heavy (non-hydrogen) atoms. The Morgan fingerprint density at radius 2 is 2.00 bits per heavy atom. The van der Waals surface area contributed by atoms with E-state index in [0.717, 1.165) is 34.3 Å². The minimum Gasteiger partial charge on any atom is -0.495 e. The van der Waals surface area contributed by atoms with Gasteiger partial charge >= 0.3 is 0 Å². The van der Waals surface area contributed by atoms with Crippen LogP contribution in [0.4, 0.5) is 5.69 Å². The molecule has 1 aliphatic heterocycles. The summed E-state index contributed by atoms with van der Waals surface area (Å²) >= 11 is 6.11. The molecule has 2 heterocycles. The number of benzene rings is 2. The van der Waals surface area contributed by atoms with Crippen molar-refractivity contribution < 1.29 is 9.47 Å². The van der Waals surface area contributed by atoms with Crippen molar-refractivity contribution in [3.63, 3.8) is 0 Å². The number of para-hydroxylation sites is 2. The molecule has 0 radical (unpaired) electrons. The minimum absolute atomic E-state index is 0.128. The number of ether oxygens (including phenoxy) is 2. The van der Waals surface area contributed by atoms with Crippen LogP contribution in [0, 0.1) is 0 Å². The number of anilines is 1. The van der Waals surface area contributed by atoms with Crippen LogP contribution in [0.1, 0.15) is 11.8 Å². The fourth-order valence-corrected chi connectivity index (χ4v) is 3.40. The molecule has 5 heteroatoms. The fraction of sp³-hybridized carbons (Fsp3) is 0.200. The third-order valence-corrected chi connectivity index (χ3v) is 4.63. The second-order valence-electron chi connectivity index (χ2n) is 5.92. The van der Waals surface area contributed by atoms with Crippen LogP contribution in [0.15, 0.2) is 67.0 Å². The zero-order valence-corrected chi connectivity index (χ0v) is 14.7. The van der Waals surface area contributed by atoms with Gasteiger partial charge in [-0.2, -0.15) is 0 Å². The first-order valence-corrected chi connectivity index (χ1v) is 8.59. The molecule has 4 nitrogen and oxygen atoms in total. The lowest BCUT2D eigenvalue weighted by atomic mass is 10.2. The normalized spacial score (nSPS) is 17.0. The summed E-state index contributed by atoms with van der Waals surface area (Å²) in [4.78, 5) is 2.23. The van der Waals surface area contributed by atoms with Crippen molar-refractivity contribution in [1.82, 2.24) is 4.57 Å². The van der Waals surface area contributed by atoms with E-state index in [9.17, 15) is 0 Å². The molecular weight excluding hydrogens is 336 g/mol. The van der Waals surface area contributed by atoms with Crippen molar-refractivity contribution in [1.29, 1.82) is 0 Å². The minimum atomic E-state index is -0.128. The maximum atomic E-state index is 6.11. The van der Waals surface area contributed by atoms with Crippen LogP contribution >= 0.6 is 11.6 Å². The van der Waals surface area contributed by atoms with E-state index in [0.29, 0.717) is 6.61 Å². The van der Waals surface area contributed by atoms with Crippen LogP contribution in [0.2, 0.25) is 5.02 Å². The van der Waals surface area contributed by atoms with Gasteiger partial charge in [-0.15, -0.1) is 0 Å². The first kappa shape index (κ1) is 16.1. The summed E-state index contributed by atoms with van der Waals surface area (Å²) in [7, 11) is 1.69. The van der Waals surface area contributed by atoms with Crippen molar-refractivity contribution in [2.75, 3.05) is 25.2 Å². The summed E-state index contributed by atoms with van der Waals surface area (Å²) in [6, 6.07) is 17.9. The smallest absolute Gasteiger partial charge is 0.158 e. The Kier molecular flexibility index (Phi) is 4.38. The molecule has 1 saturated heterocycles. The highest BCUT2D eigenvalue weighted by atomic mass is 35.5. The number of hydrogen-bond donors (Lipinski definition) is 0. The summed E-state index contributed by atoms with van der Waals surface area (Å²) < 4.78 is 13.6. The molecule has 0 aliphatic carbocycles. The Morgan fingerprint density at radius 3 is 2.84 bits per heavy atom. The summed E-state index contributed by atoms with van der Waals surface area (Å²) in [6.07, 6.45) is 3.99. The SMILES string of the molecule is COc1ccccc1N1CCO[C@@H]1c1ccn(-c2cccc(Cl)c2)c1. The van der Waals surface area contributed by atoms with Gasteiger partial charge in [0.25, 0.3) is 0 Å². The van der Waals surface area contributed by atoms with E-state index in [1.807, 2.05) is 48.7 Å². The Bertz CT molecular complexity index is 877. The molecule has 1 atom stereocenters. The van der Waals surface area contributed by atoms with Gasteiger partial charge in [0, 0.05) is 35.2 Å². The van der Waals surface area contributed by atoms with Crippen molar-refractivity contribution in [3.8, 4) is 11.4 Å². The zero-order valence-electron chi connectivity index (χ0n) is 13.9. The van der Waals surface area contributed by atoms with Gasteiger partial charge in [0.05, 0.1) is 19.4 Å². The molecule has 2 aromatic carbocycles. The maximum Gasteiger partial charge on any atom is 0.158 e. The van der Waals surface area contributed by atoms with Crippen LogP contribution in [0.5, 0.6) is 5.75 Å². The zero-order chi connectivity index (χ0) is 17.2. The van der Waals surface area contributed by atoms with Gasteiger partial charge in [0.15, 0.2) is 6.23 Å². The van der Waals surface area contributed by atoms with Crippen LogP contribution in [0.25, 0.3) is 5.69 Å². The van der Waals surface area contributed by atoms with Crippen molar-refractivity contribution in [2.45, 2.75) is 6.23 Å². The lowest BCUT2D eigenvalue weighted by molar-refractivity contribution is 0.113. The Balaban J connectivity index is 1.65. The molecular formula is C20H19ClN2O2. The Labute approximate surface area is 152 Å². The average molecular weight is 355 g/mol. The molecule has 1 fully saturated rings. The van der Waals surface area contributed by atoms with Gasteiger partial charge in [-0.05, 0) is 36.4 Å². The van der Waals surface area contributed by atoms with Crippen LogP contribution < -0.4 is 9.64 Å². The Hall–Kier alpha value is -2.43. The maximum absolute atomic E-state index is 6.11. The van der Waals surface area contributed by atoms with Gasteiger partial charge < -0.3 is 18.9 Å². The van der Waals surface area contributed by atoms with Gasteiger partial charge in [0.2, 0.25) is 0 Å². The summed E-state index contributed by atoms with van der Waals surface area (Å²) in [5, 5.41) is 0.723. The van der Waals surface area contributed by atoms with Crippen molar-refractivity contribution >= 4 is 17.3 Å². The number of methoxy groups -OCH3 is 1. The van der Waals surface area contributed by atoms with Crippen molar-refractivity contribution in [2.24, 2.45) is 0 Å². The summed E-state index contributed by atoms with van der Waals surface area (Å²) in [6.45, 7) is 1.51. The Morgan fingerprint density at radius 1 is 1.12 bits per heavy atom. The van der Waals surface area contributed by atoms with Crippen molar-refractivity contribution in [3.05, 3.63) is 77.6 Å². The molecule has 0 amide bonds. The molecule has 0 spiro atoms. The molecule has 1 aliphatic rings. The molecule has 3 aromatic rings. The third-order valence-electron chi connectivity index (χ3n) is 4.39. The first-order chi connectivity index (χ1) is 12.3. The van der Waals surface area contributed by atoms with E-state index in [4.69, 9.17) is 21.1 Å². The predicted octanol–water partition coefficient (Wildman–Crippen LogP) is 4.67. The average Bonchev–Trinajstić information content (AvgIpc) is 3.30. The largest absolute Gasteiger partial charge is 0.495 e. The fourth-order valence-electron chi connectivity index (χ4n) is 3.22. The van der Waals surface area contributed by atoms with E-state index in [2.05, 4.69) is 27.8 Å². The number of hydrogen-bond acceptors (Lipinski definition) is 3. The number of rotatable bonds is 4. The van der Waals surface area contributed by atoms with E-state index >= 15 is 0 Å². The second kappa shape index (κ2) is 6.82. The van der Waals surface area contributed by atoms with Gasteiger partial charge in [0.1, 0.15) is 5.75 Å². The third kappa shape index (κ3) is 3.11. The number of nitrogens with zero attached hydrogens (tertiary/aromatic N) is 2.